The molecule has 194 valence electrons. The zero-order chi connectivity index (χ0) is 26.6. The second-order valence-electron chi connectivity index (χ2n) is 9.39. The lowest BCUT2D eigenvalue weighted by Gasteiger charge is -2.33. The molecule has 8 heteroatoms. The fraction of sp³-hybridized carbons (Fsp3) is 0.200. The minimum atomic E-state index is -1.54. The monoisotopic (exact) mass is 519 g/mol. The molecule has 1 fully saturated rings. The maximum absolute atomic E-state index is 15.0. The summed E-state index contributed by atoms with van der Waals surface area (Å²) in [5.41, 5.74) is 3.23. The number of piperidine rings is 1. The van der Waals surface area contributed by atoms with Crippen molar-refractivity contribution in [1.82, 2.24) is 9.88 Å². The number of nitrogens with zero attached hydrogens (tertiary/aromatic N) is 2. The van der Waals surface area contributed by atoms with Crippen LogP contribution in [0.4, 0.5) is 23.2 Å². The third-order valence-corrected chi connectivity index (χ3v) is 6.92. The first-order valence-corrected chi connectivity index (χ1v) is 12.3. The first-order valence-electron chi connectivity index (χ1n) is 12.3. The highest BCUT2D eigenvalue weighted by Crippen LogP contribution is 2.37. The normalized spacial score (nSPS) is 14.4. The summed E-state index contributed by atoms with van der Waals surface area (Å²) in [5, 5.41) is 2.56. The molecule has 1 saturated heterocycles. The molecule has 1 N–H and O–H groups in total. The maximum atomic E-state index is 15.0. The Hall–Kier alpha value is -4.04. The number of amides is 1. The van der Waals surface area contributed by atoms with E-state index in [0.717, 1.165) is 22.8 Å². The largest absolute Gasteiger partial charge is 0.322 e. The average Bonchev–Trinajstić information content (AvgIpc) is 2.94. The second-order valence-corrected chi connectivity index (χ2v) is 9.39. The van der Waals surface area contributed by atoms with Crippen molar-refractivity contribution in [2.75, 3.05) is 18.4 Å². The number of carbonyl (C=O) groups is 1. The number of nitrogens with one attached hydrogen (secondary N) is 1. The molecule has 1 amide bonds. The first-order chi connectivity index (χ1) is 18.4. The van der Waals surface area contributed by atoms with Gasteiger partial charge < -0.3 is 5.32 Å². The van der Waals surface area contributed by atoms with Crippen molar-refractivity contribution in [3.63, 3.8) is 0 Å². The Bertz CT molecular complexity index is 1420. The number of hydrogen-bond acceptors (Lipinski definition) is 3. The van der Waals surface area contributed by atoms with E-state index in [1.54, 1.807) is 12.1 Å². The summed E-state index contributed by atoms with van der Waals surface area (Å²) >= 11 is 0. The van der Waals surface area contributed by atoms with Gasteiger partial charge in [0.25, 0.3) is 5.91 Å². The van der Waals surface area contributed by atoms with Gasteiger partial charge in [-0.1, -0.05) is 36.4 Å². The summed E-state index contributed by atoms with van der Waals surface area (Å²) in [6.45, 7) is 1.93. The van der Waals surface area contributed by atoms with Crippen LogP contribution in [-0.4, -0.2) is 28.9 Å². The Labute approximate surface area is 218 Å². The van der Waals surface area contributed by atoms with Crippen LogP contribution in [0.25, 0.3) is 11.1 Å². The van der Waals surface area contributed by atoms with Gasteiger partial charge in [0, 0.05) is 36.1 Å². The maximum Gasteiger partial charge on any atom is 0.255 e. The molecule has 0 saturated carbocycles. The van der Waals surface area contributed by atoms with E-state index in [2.05, 4.69) is 15.2 Å². The van der Waals surface area contributed by atoms with E-state index in [1.807, 2.05) is 24.3 Å². The molecule has 0 unspecified atom stereocenters. The molecule has 0 spiro atoms. The topological polar surface area (TPSA) is 45.2 Å². The quantitative estimate of drug-likeness (QED) is 0.222. The highest BCUT2D eigenvalue weighted by Gasteiger charge is 2.29. The SMILES string of the molecule is O=C(Nc1cc(F)c(F)c(F)c1C1CCN(Cc2ccc(-c3ccc(F)cc3)cc2)CC1)c1ccncc1. The Morgan fingerprint density at radius 1 is 0.842 bits per heavy atom. The van der Waals surface area contributed by atoms with Crippen LogP contribution in [0, 0.1) is 23.3 Å². The van der Waals surface area contributed by atoms with Crippen LogP contribution in [0.1, 0.15) is 40.2 Å². The summed E-state index contributed by atoms with van der Waals surface area (Å²) in [6.07, 6.45) is 3.92. The van der Waals surface area contributed by atoms with Crippen LogP contribution >= 0.6 is 0 Å². The highest BCUT2D eigenvalue weighted by molar-refractivity contribution is 6.04. The number of likely N-dealkylation sites (tertiary alicyclic amines) is 1. The van der Waals surface area contributed by atoms with Crippen molar-refractivity contribution in [1.29, 1.82) is 0 Å². The third kappa shape index (κ3) is 5.60. The third-order valence-electron chi connectivity index (χ3n) is 6.92. The molecule has 38 heavy (non-hydrogen) atoms. The van der Waals surface area contributed by atoms with Gasteiger partial charge in [0.05, 0.1) is 5.69 Å². The molecule has 1 aliphatic heterocycles. The minimum absolute atomic E-state index is 0.00499. The van der Waals surface area contributed by atoms with Crippen molar-refractivity contribution in [3.05, 3.63) is 119 Å². The summed E-state index contributed by atoms with van der Waals surface area (Å²) in [4.78, 5) is 18.7. The number of aromatic nitrogens is 1. The van der Waals surface area contributed by atoms with Crippen molar-refractivity contribution >= 4 is 11.6 Å². The van der Waals surface area contributed by atoms with Crippen LogP contribution in [0.2, 0.25) is 0 Å². The molecule has 5 rings (SSSR count). The number of halogens is 4. The van der Waals surface area contributed by atoms with Crippen LogP contribution in [-0.2, 0) is 6.54 Å². The van der Waals surface area contributed by atoms with Crippen LogP contribution in [0.5, 0.6) is 0 Å². The summed E-state index contributed by atoms with van der Waals surface area (Å²) in [7, 11) is 0. The van der Waals surface area contributed by atoms with Gasteiger partial charge in [-0.2, -0.15) is 0 Å². The fourth-order valence-electron chi connectivity index (χ4n) is 4.89. The summed E-state index contributed by atoms with van der Waals surface area (Å²) in [5.74, 6) is -5.36. The molecule has 4 aromatic rings. The van der Waals surface area contributed by atoms with Gasteiger partial charge in [-0.3, -0.25) is 14.7 Å². The molecule has 0 atom stereocenters. The zero-order valence-corrected chi connectivity index (χ0v) is 20.4. The Morgan fingerprint density at radius 3 is 2.08 bits per heavy atom. The van der Waals surface area contributed by atoms with Gasteiger partial charge in [0.1, 0.15) is 5.82 Å². The molecule has 1 aliphatic rings. The van der Waals surface area contributed by atoms with E-state index in [0.29, 0.717) is 32.5 Å². The van der Waals surface area contributed by atoms with Gasteiger partial charge in [-0.15, -0.1) is 0 Å². The molecule has 1 aromatic heterocycles. The van der Waals surface area contributed by atoms with Crippen LogP contribution in [0.15, 0.2) is 79.1 Å². The lowest BCUT2D eigenvalue weighted by atomic mass is 9.87. The van der Waals surface area contributed by atoms with Crippen LogP contribution < -0.4 is 5.32 Å². The fourth-order valence-corrected chi connectivity index (χ4v) is 4.89. The molecule has 0 bridgehead atoms. The first kappa shape index (κ1) is 25.6. The van der Waals surface area contributed by atoms with Crippen molar-refractivity contribution < 1.29 is 22.4 Å². The van der Waals surface area contributed by atoms with Crippen molar-refractivity contribution in [2.24, 2.45) is 0 Å². The summed E-state index contributed by atoms with van der Waals surface area (Å²) in [6, 6.07) is 18.2. The average molecular weight is 520 g/mol. The Morgan fingerprint density at radius 2 is 1.45 bits per heavy atom. The molecule has 0 aliphatic carbocycles. The van der Waals surface area contributed by atoms with Gasteiger partial charge in [-0.25, -0.2) is 17.6 Å². The summed E-state index contributed by atoms with van der Waals surface area (Å²) < 4.78 is 56.5. The molecule has 4 nitrogen and oxygen atoms in total. The predicted octanol–water partition coefficient (Wildman–Crippen LogP) is 6.94. The number of anilines is 1. The minimum Gasteiger partial charge on any atom is -0.322 e. The number of hydrogen-bond donors (Lipinski definition) is 1. The molecule has 3 aromatic carbocycles. The number of benzene rings is 3. The molecular weight excluding hydrogens is 494 g/mol. The standard InChI is InChI=1S/C30H25F4N3O/c31-24-7-5-21(6-8-24)20-3-1-19(2-4-20)18-37-15-11-22(12-16-37)27-26(17-25(32)28(33)29(27)34)36-30(38)23-9-13-35-14-10-23/h1-10,13-14,17,22H,11-12,15-16,18H2,(H,36,38). The van der Waals surface area contributed by atoms with Gasteiger partial charge in [-0.05, 0) is 72.8 Å². The van der Waals surface area contributed by atoms with E-state index < -0.39 is 23.4 Å². The van der Waals surface area contributed by atoms with E-state index in [1.165, 1.54) is 36.7 Å². The lowest BCUT2D eigenvalue weighted by Crippen LogP contribution is -2.33. The van der Waals surface area contributed by atoms with E-state index in [9.17, 15) is 22.4 Å². The molecule has 0 radical (unpaired) electrons. The molecular formula is C30H25F4N3O. The zero-order valence-electron chi connectivity index (χ0n) is 20.4. The smallest absolute Gasteiger partial charge is 0.255 e. The van der Waals surface area contributed by atoms with E-state index in [-0.39, 0.29) is 28.5 Å². The van der Waals surface area contributed by atoms with Gasteiger partial charge >= 0.3 is 0 Å². The van der Waals surface area contributed by atoms with Crippen LogP contribution in [0.3, 0.4) is 0 Å². The lowest BCUT2D eigenvalue weighted by molar-refractivity contribution is 0.102. The second kappa shape index (κ2) is 11.1. The molecule has 2 heterocycles. The Kier molecular flexibility index (Phi) is 7.51. The van der Waals surface area contributed by atoms with Gasteiger partial charge in [0.15, 0.2) is 17.5 Å². The number of rotatable bonds is 6. The number of carbonyl (C=O) groups excluding carboxylic acids is 1. The van der Waals surface area contributed by atoms with E-state index >= 15 is 0 Å². The van der Waals surface area contributed by atoms with Crippen molar-refractivity contribution in [2.45, 2.75) is 25.3 Å². The van der Waals surface area contributed by atoms with E-state index in [4.69, 9.17) is 0 Å². The Balaban J connectivity index is 1.27. The predicted molar refractivity (Wildman–Crippen MR) is 138 cm³/mol. The van der Waals surface area contributed by atoms with Crippen molar-refractivity contribution in [3.8, 4) is 11.1 Å². The number of pyridine rings is 1. The van der Waals surface area contributed by atoms with Gasteiger partial charge in [0.2, 0.25) is 0 Å². The highest BCUT2D eigenvalue weighted by atomic mass is 19.2.